The average Bonchev–Trinajstić information content (AvgIpc) is 1.78. The molecule has 0 fully saturated rings. The second-order valence-electron chi connectivity index (χ2n) is 3.67. The van der Waals surface area contributed by atoms with Crippen LogP contribution in [0.5, 0.6) is 0 Å². The predicted molar refractivity (Wildman–Crippen MR) is 48.8 cm³/mol. The first-order chi connectivity index (χ1) is 4.56. The lowest BCUT2D eigenvalue weighted by Crippen LogP contribution is -2.25. The van der Waals surface area contributed by atoms with E-state index in [4.69, 9.17) is 4.43 Å². The molecular weight excluding hydrogens is 140 g/mol. The van der Waals surface area contributed by atoms with Gasteiger partial charge in [0.25, 0.3) is 0 Å². The summed E-state index contributed by atoms with van der Waals surface area (Å²) in [5, 5.41) is 0. The van der Waals surface area contributed by atoms with Gasteiger partial charge in [0, 0.05) is 6.61 Å². The first-order valence-corrected chi connectivity index (χ1v) is 7.61. The summed E-state index contributed by atoms with van der Waals surface area (Å²) in [5.74, 6) is 0. The first-order valence-electron chi connectivity index (χ1n) is 4.20. The molecule has 0 amide bonds. The molecule has 0 N–H and O–H groups in total. The van der Waals surface area contributed by atoms with Gasteiger partial charge < -0.3 is 4.43 Å². The molecule has 0 aliphatic heterocycles. The van der Waals surface area contributed by atoms with Crippen LogP contribution in [0.4, 0.5) is 0 Å². The van der Waals surface area contributed by atoms with Crippen molar-refractivity contribution in [3.63, 3.8) is 0 Å². The maximum absolute atomic E-state index is 5.67. The zero-order valence-electron chi connectivity index (χ0n) is 7.74. The molecule has 0 spiro atoms. The molecule has 2 heteroatoms. The summed E-state index contributed by atoms with van der Waals surface area (Å²) in [4.78, 5) is 0. The van der Waals surface area contributed by atoms with Gasteiger partial charge in [-0.25, -0.2) is 0 Å². The van der Waals surface area contributed by atoms with Crippen LogP contribution < -0.4 is 0 Å². The van der Waals surface area contributed by atoms with Crippen molar-refractivity contribution in [1.82, 2.24) is 0 Å². The Morgan fingerprint density at radius 1 is 1.10 bits per heavy atom. The van der Waals surface area contributed by atoms with Crippen molar-refractivity contribution in [1.29, 1.82) is 0 Å². The lowest BCUT2D eigenvalue weighted by Gasteiger charge is -2.16. The quantitative estimate of drug-likeness (QED) is 0.444. The summed E-state index contributed by atoms with van der Waals surface area (Å²) < 4.78 is 5.67. The SMILES string of the molecule is CCCCCO[Si](C)(C)C. The monoisotopic (exact) mass is 160 g/mol. The zero-order valence-corrected chi connectivity index (χ0v) is 8.74. The molecule has 0 saturated carbocycles. The van der Waals surface area contributed by atoms with Crippen LogP contribution in [0.3, 0.4) is 0 Å². The highest BCUT2D eigenvalue weighted by Crippen LogP contribution is 2.04. The maximum Gasteiger partial charge on any atom is 0.183 e. The van der Waals surface area contributed by atoms with E-state index in [0.29, 0.717) is 0 Å². The van der Waals surface area contributed by atoms with Gasteiger partial charge in [0.2, 0.25) is 0 Å². The van der Waals surface area contributed by atoms with Crippen LogP contribution in [0.25, 0.3) is 0 Å². The van der Waals surface area contributed by atoms with E-state index in [9.17, 15) is 0 Å². The van der Waals surface area contributed by atoms with E-state index in [1.165, 1.54) is 19.3 Å². The van der Waals surface area contributed by atoms with E-state index in [2.05, 4.69) is 26.6 Å². The Kier molecular flexibility index (Phi) is 5.00. The molecule has 1 nitrogen and oxygen atoms in total. The standard InChI is InChI=1S/C8H20OSi/c1-5-6-7-8-9-10(2,3)4/h5-8H2,1-4H3. The molecule has 0 aliphatic rings. The minimum absolute atomic E-state index is 0.976. The molecule has 0 aromatic rings. The molecule has 0 bridgehead atoms. The van der Waals surface area contributed by atoms with Gasteiger partial charge in [-0.15, -0.1) is 0 Å². The van der Waals surface area contributed by atoms with Crippen LogP contribution in [0.2, 0.25) is 19.6 Å². The van der Waals surface area contributed by atoms with Gasteiger partial charge >= 0.3 is 0 Å². The highest BCUT2D eigenvalue weighted by molar-refractivity contribution is 6.69. The summed E-state index contributed by atoms with van der Waals surface area (Å²) in [6.45, 7) is 9.90. The molecule has 0 rings (SSSR count). The van der Waals surface area contributed by atoms with Gasteiger partial charge in [-0.2, -0.15) is 0 Å². The molecule has 0 heterocycles. The van der Waals surface area contributed by atoms with Crippen molar-refractivity contribution in [3.05, 3.63) is 0 Å². The minimum atomic E-state index is -1.21. The van der Waals surface area contributed by atoms with Crippen LogP contribution in [0, 0.1) is 0 Å². The lowest BCUT2D eigenvalue weighted by molar-refractivity contribution is 0.300. The van der Waals surface area contributed by atoms with Crippen molar-refractivity contribution in [2.24, 2.45) is 0 Å². The Morgan fingerprint density at radius 2 is 1.70 bits per heavy atom. The zero-order chi connectivity index (χ0) is 8.04. The Morgan fingerprint density at radius 3 is 2.10 bits per heavy atom. The van der Waals surface area contributed by atoms with Gasteiger partial charge in [-0.3, -0.25) is 0 Å². The topological polar surface area (TPSA) is 9.23 Å². The highest BCUT2D eigenvalue weighted by Gasteiger charge is 2.12. The summed E-state index contributed by atoms with van der Waals surface area (Å²) >= 11 is 0. The van der Waals surface area contributed by atoms with Gasteiger partial charge in [0.15, 0.2) is 8.32 Å². The second-order valence-corrected chi connectivity index (χ2v) is 8.18. The van der Waals surface area contributed by atoms with Crippen molar-refractivity contribution in [3.8, 4) is 0 Å². The second kappa shape index (κ2) is 4.91. The third-order valence-electron chi connectivity index (χ3n) is 1.28. The fraction of sp³-hybridized carbons (Fsp3) is 1.00. The molecular formula is C8H20OSi. The van der Waals surface area contributed by atoms with Crippen LogP contribution in [-0.4, -0.2) is 14.9 Å². The largest absolute Gasteiger partial charge is 0.418 e. The van der Waals surface area contributed by atoms with E-state index in [-0.39, 0.29) is 0 Å². The first kappa shape index (κ1) is 10.2. The number of unbranched alkanes of at least 4 members (excludes halogenated alkanes) is 2. The summed E-state index contributed by atoms with van der Waals surface area (Å²) in [5.41, 5.74) is 0. The fourth-order valence-corrected chi connectivity index (χ4v) is 1.49. The molecule has 0 unspecified atom stereocenters. The van der Waals surface area contributed by atoms with Crippen LogP contribution in [0.15, 0.2) is 0 Å². The van der Waals surface area contributed by atoms with E-state index in [1.807, 2.05) is 0 Å². The number of hydrogen-bond acceptors (Lipinski definition) is 1. The molecule has 10 heavy (non-hydrogen) atoms. The molecule has 0 atom stereocenters. The van der Waals surface area contributed by atoms with E-state index >= 15 is 0 Å². The van der Waals surface area contributed by atoms with Crippen molar-refractivity contribution >= 4 is 8.32 Å². The smallest absolute Gasteiger partial charge is 0.183 e. The summed E-state index contributed by atoms with van der Waals surface area (Å²) in [6, 6.07) is 0. The average molecular weight is 160 g/mol. The van der Waals surface area contributed by atoms with Gasteiger partial charge in [0.1, 0.15) is 0 Å². The lowest BCUT2D eigenvalue weighted by atomic mass is 10.3. The van der Waals surface area contributed by atoms with Gasteiger partial charge in [-0.05, 0) is 26.1 Å². The molecule has 0 aliphatic carbocycles. The van der Waals surface area contributed by atoms with E-state index in [1.54, 1.807) is 0 Å². The van der Waals surface area contributed by atoms with Crippen molar-refractivity contribution in [2.45, 2.75) is 45.8 Å². The van der Waals surface area contributed by atoms with Crippen molar-refractivity contribution in [2.75, 3.05) is 6.61 Å². The van der Waals surface area contributed by atoms with Crippen molar-refractivity contribution < 1.29 is 4.43 Å². The predicted octanol–water partition coefficient (Wildman–Crippen LogP) is 3.03. The van der Waals surface area contributed by atoms with Crippen LogP contribution in [0.1, 0.15) is 26.2 Å². The number of hydrogen-bond donors (Lipinski definition) is 0. The molecule has 0 radical (unpaired) electrons. The molecule has 0 aromatic carbocycles. The van der Waals surface area contributed by atoms with Crippen LogP contribution >= 0.6 is 0 Å². The Balaban J connectivity index is 3.04. The molecule has 62 valence electrons. The van der Waals surface area contributed by atoms with Gasteiger partial charge in [0.05, 0.1) is 0 Å². The fourth-order valence-electron chi connectivity index (χ4n) is 0.730. The summed E-state index contributed by atoms with van der Waals surface area (Å²) in [7, 11) is -1.21. The number of rotatable bonds is 5. The van der Waals surface area contributed by atoms with E-state index in [0.717, 1.165) is 6.61 Å². The van der Waals surface area contributed by atoms with Gasteiger partial charge in [-0.1, -0.05) is 19.8 Å². The Hall–Kier alpha value is 0.177. The van der Waals surface area contributed by atoms with Crippen LogP contribution in [-0.2, 0) is 4.43 Å². The normalized spacial score (nSPS) is 12.0. The highest BCUT2D eigenvalue weighted by atomic mass is 28.4. The third kappa shape index (κ3) is 8.18. The molecule has 0 saturated heterocycles. The minimum Gasteiger partial charge on any atom is -0.418 e. The Bertz CT molecular complexity index is 75.8. The third-order valence-corrected chi connectivity index (χ3v) is 2.35. The Labute approximate surface area is 65.9 Å². The molecule has 0 aromatic heterocycles. The van der Waals surface area contributed by atoms with E-state index < -0.39 is 8.32 Å². The summed E-state index contributed by atoms with van der Waals surface area (Å²) in [6.07, 6.45) is 3.83. The maximum atomic E-state index is 5.67.